The van der Waals surface area contributed by atoms with Crippen molar-refractivity contribution in [3.05, 3.63) is 58.9 Å². The Morgan fingerprint density at radius 3 is 2.73 bits per heavy atom. The third-order valence-electron chi connectivity index (χ3n) is 5.62. The molecule has 2 N–H and O–H groups in total. The fraction of sp³-hybridized carbons (Fsp3) is 0.409. The lowest BCUT2D eigenvalue weighted by atomic mass is 9.74. The monoisotopic (exact) mass is 410 g/mol. The van der Waals surface area contributed by atoms with Gasteiger partial charge in [0.15, 0.2) is 0 Å². The van der Waals surface area contributed by atoms with E-state index < -0.39 is 11.8 Å². The number of aromatic carboxylic acids is 1. The SMILES string of the molecule is COc1ccccc1CCN(CCBC(=O)O)C1CCCc2nc(C(=O)O)ccc21. The van der Waals surface area contributed by atoms with E-state index in [1.165, 1.54) is 0 Å². The Bertz CT molecular complexity index is 905. The van der Waals surface area contributed by atoms with Crippen LogP contribution in [0.25, 0.3) is 0 Å². The van der Waals surface area contributed by atoms with Crippen LogP contribution in [0, 0.1) is 0 Å². The van der Waals surface area contributed by atoms with Crippen LogP contribution in [0.15, 0.2) is 36.4 Å². The number of para-hydroxylation sites is 1. The van der Waals surface area contributed by atoms with Gasteiger partial charge < -0.3 is 14.9 Å². The van der Waals surface area contributed by atoms with Gasteiger partial charge in [-0.25, -0.2) is 9.78 Å². The van der Waals surface area contributed by atoms with E-state index in [0.717, 1.165) is 54.8 Å². The minimum atomic E-state index is -1.02. The van der Waals surface area contributed by atoms with Gasteiger partial charge in [0.2, 0.25) is 5.87 Å². The Morgan fingerprint density at radius 2 is 2.00 bits per heavy atom. The summed E-state index contributed by atoms with van der Waals surface area (Å²) in [6.07, 6.45) is 3.98. The van der Waals surface area contributed by atoms with Gasteiger partial charge in [0.05, 0.1) is 7.11 Å². The van der Waals surface area contributed by atoms with Gasteiger partial charge in [-0.05, 0) is 55.5 Å². The van der Waals surface area contributed by atoms with Crippen molar-refractivity contribution >= 4 is 19.1 Å². The number of hydrogen-bond donors (Lipinski definition) is 2. The number of ether oxygens (including phenoxy) is 1. The number of nitrogens with zero attached hydrogens (tertiary/aromatic N) is 2. The minimum Gasteiger partial charge on any atom is -0.496 e. The number of carbonyl (C=O) groups is 2. The number of rotatable bonds is 10. The maximum Gasteiger partial charge on any atom is 0.354 e. The van der Waals surface area contributed by atoms with Crippen LogP contribution in [0.5, 0.6) is 5.75 Å². The highest BCUT2D eigenvalue weighted by Gasteiger charge is 2.27. The van der Waals surface area contributed by atoms with Gasteiger partial charge in [-0.2, -0.15) is 0 Å². The van der Waals surface area contributed by atoms with Gasteiger partial charge in [0.1, 0.15) is 11.4 Å². The summed E-state index contributed by atoms with van der Waals surface area (Å²) in [7, 11) is 1.79. The van der Waals surface area contributed by atoms with Gasteiger partial charge >= 0.3 is 5.97 Å². The van der Waals surface area contributed by atoms with Gasteiger partial charge in [-0.1, -0.05) is 30.6 Å². The lowest BCUT2D eigenvalue weighted by Crippen LogP contribution is -2.35. The molecule has 0 bridgehead atoms. The zero-order valence-electron chi connectivity index (χ0n) is 17.2. The Balaban J connectivity index is 1.81. The van der Waals surface area contributed by atoms with E-state index in [9.17, 15) is 14.7 Å². The number of benzene rings is 1. The van der Waals surface area contributed by atoms with E-state index in [4.69, 9.17) is 9.84 Å². The molecule has 0 fully saturated rings. The molecule has 1 heterocycles. The Hall–Kier alpha value is -2.87. The molecule has 1 aliphatic carbocycles. The van der Waals surface area contributed by atoms with Crippen LogP contribution in [0.1, 0.15) is 46.2 Å². The van der Waals surface area contributed by atoms with Crippen LogP contribution in [0.4, 0.5) is 4.79 Å². The summed E-state index contributed by atoms with van der Waals surface area (Å²) in [4.78, 5) is 29.0. The van der Waals surface area contributed by atoms with E-state index in [1.807, 2.05) is 30.3 Å². The number of hydrogen-bond acceptors (Lipinski definition) is 5. The Morgan fingerprint density at radius 1 is 1.20 bits per heavy atom. The van der Waals surface area contributed by atoms with E-state index in [2.05, 4.69) is 9.88 Å². The predicted molar refractivity (Wildman–Crippen MR) is 115 cm³/mol. The first-order chi connectivity index (χ1) is 14.5. The fourth-order valence-electron chi connectivity index (χ4n) is 4.16. The molecule has 1 aromatic heterocycles. The fourth-order valence-corrected chi connectivity index (χ4v) is 4.16. The van der Waals surface area contributed by atoms with E-state index >= 15 is 0 Å². The summed E-state index contributed by atoms with van der Waals surface area (Å²) < 4.78 is 5.47. The lowest BCUT2D eigenvalue weighted by Gasteiger charge is -2.35. The molecule has 8 heteroatoms. The molecular weight excluding hydrogens is 383 g/mol. The summed E-state index contributed by atoms with van der Waals surface area (Å²) in [5, 5.41) is 18.3. The van der Waals surface area contributed by atoms with Gasteiger partial charge in [-0.15, -0.1) is 0 Å². The molecule has 2 aromatic rings. The van der Waals surface area contributed by atoms with Crippen molar-refractivity contribution in [2.24, 2.45) is 0 Å². The molecule has 0 aliphatic heterocycles. The molecule has 158 valence electrons. The number of carboxylic acid groups (broad SMARTS) is 2. The summed E-state index contributed by atoms with van der Waals surface area (Å²) in [6.45, 7) is 1.41. The molecule has 7 nitrogen and oxygen atoms in total. The standard InChI is InChI=1S/C22H27BN2O5/c1-30-20-8-3-2-5-15(20)11-13-25(14-12-23-22(28)29)19-7-4-6-17-16(19)9-10-18(24-17)21(26)27/h2-3,5,8-10,19,23H,4,6-7,11-14H2,1H3,(H,26,27)(H,28,29). The number of carboxylic acids is 1. The highest BCUT2D eigenvalue weighted by molar-refractivity contribution is 6.71. The minimum absolute atomic E-state index is 0.0702. The van der Waals surface area contributed by atoms with Crippen LogP contribution in [-0.2, 0) is 12.8 Å². The molecule has 30 heavy (non-hydrogen) atoms. The van der Waals surface area contributed by atoms with Crippen molar-refractivity contribution in [2.45, 2.75) is 38.0 Å². The van der Waals surface area contributed by atoms with Crippen molar-refractivity contribution in [1.29, 1.82) is 0 Å². The highest BCUT2D eigenvalue weighted by Crippen LogP contribution is 2.34. The summed E-state index contributed by atoms with van der Waals surface area (Å²) in [6, 6.07) is 11.5. The first kappa shape index (κ1) is 21.8. The number of pyridine rings is 1. The van der Waals surface area contributed by atoms with Crippen LogP contribution < -0.4 is 4.74 Å². The van der Waals surface area contributed by atoms with Gasteiger partial charge in [0.25, 0.3) is 7.28 Å². The van der Waals surface area contributed by atoms with Crippen molar-refractivity contribution in [3.63, 3.8) is 0 Å². The van der Waals surface area contributed by atoms with E-state index in [-0.39, 0.29) is 19.0 Å². The molecule has 1 aliphatic rings. The topological polar surface area (TPSA) is 100.0 Å². The molecule has 0 saturated carbocycles. The zero-order chi connectivity index (χ0) is 21.5. The second-order valence-electron chi connectivity index (χ2n) is 7.54. The van der Waals surface area contributed by atoms with Crippen molar-refractivity contribution in [3.8, 4) is 5.75 Å². The molecule has 0 spiro atoms. The molecule has 1 unspecified atom stereocenters. The third-order valence-corrected chi connectivity index (χ3v) is 5.62. The van der Waals surface area contributed by atoms with Gasteiger partial charge in [-0.3, -0.25) is 9.69 Å². The molecule has 3 rings (SSSR count). The lowest BCUT2D eigenvalue weighted by molar-refractivity contribution is 0.0689. The van der Waals surface area contributed by atoms with Gasteiger partial charge in [0, 0.05) is 18.3 Å². The average Bonchev–Trinajstić information content (AvgIpc) is 2.75. The highest BCUT2D eigenvalue weighted by atomic mass is 16.5. The largest absolute Gasteiger partial charge is 0.496 e. The molecule has 1 aromatic carbocycles. The summed E-state index contributed by atoms with van der Waals surface area (Å²) >= 11 is 0. The maximum absolute atomic E-state index is 11.3. The van der Waals surface area contributed by atoms with Crippen LogP contribution >= 0.6 is 0 Å². The molecular formula is C22H27BN2O5. The van der Waals surface area contributed by atoms with E-state index in [0.29, 0.717) is 12.9 Å². The smallest absolute Gasteiger partial charge is 0.354 e. The number of aromatic nitrogens is 1. The second kappa shape index (κ2) is 10.3. The first-order valence-electron chi connectivity index (χ1n) is 10.3. The molecule has 0 saturated heterocycles. The number of fused-ring (bicyclic) bond motifs is 1. The van der Waals surface area contributed by atoms with Crippen LogP contribution in [0.3, 0.4) is 0 Å². The number of aryl methyl sites for hydroxylation is 1. The Kier molecular flexibility index (Phi) is 7.46. The van der Waals surface area contributed by atoms with E-state index in [1.54, 1.807) is 13.2 Å². The first-order valence-corrected chi connectivity index (χ1v) is 10.3. The second-order valence-corrected chi connectivity index (χ2v) is 7.54. The molecule has 0 amide bonds. The van der Waals surface area contributed by atoms with Crippen LogP contribution in [-0.4, -0.2) is 59.4 Å². The van der Waals surface area contributed by atoms with Crippen molar-refractivity contribution in [2.75, 3.05) is 20.2 Å². The Labute approximate surface area is 176 Å². The zero-order valence-corrected chi connectivity index (χ0v) is 17.2. The predicted octanol–water partition coefficient (Wildman–Crippen LogP) is 3.24. The number of methoxy groups -OCH3 is 1. The van der Waals surface area contributed by atoms with Crippen molar-refractivity contribution < 1.29 is 24.5 Å². The normalized spacial score (nSPS) is 15.5. The van der Waals surface area contributed by atoms with Crippen molar-refractivity contribution in [1.82, 2.24) is 9.88 Å². The quantitative estimate of drug-likeness (QED) is 0.580. The maximum atomic E-state index is 11.3. The summed E-state index contributed by atoms with van der Waals surface area (Å²) in [5.41, 5.74) is 3.08. The molecule has 1 atom stereocenters. The third kappa shape index (κ3) is 5.39. The molecule has 0 radical (unpaired) electrons. The average molecular weight is 410 g/mol. The summed E-state index contributed by atoms with van der Waals surface area (Å²) in [5.74, 6) is -0.967. The van der Waals surface area contributed by atoms with Crippen LogP contribution in [0.2, 0.25) is 6.32 Å².